The van der Waals surface area contributed by atoms with Crippen molar-refractivity contribution in [2.75, 3.05) is 61.2 Å². The number of halogens is 2. The second kappa shape index (κ2) is 22.7. The van der Waals surface area contributed by atoms with Gasteiger partial charge < -0.3 is 34.9 Å². The standard InChI is InChI=1S/C51H57Cl2N13O5S/c1-32-26-56-40(33(2)47(32)70-3)28-64-31-57-45-48(58-51(54)59-49(45)64)63-21-16-36(17-22-63)35-14-19-62(20-15-35)44(68)29-65-27-37(60-61-65)30-71-41-12-11-38(24-39(41)53)66(43(67)25-52)46(42-10-7-23-72-42)50(69)55-18-13-34-8-5-4-6-9-34/h4-12,23-24,26-27,31,35-36,46H,13-22,25,28-30H2,1-3H3,(H,55,69)(H2,54,58,59). The highest BCUT2D eigenvalue weighted by Crippen LogP contribution is 2.38. The van der Waals surface area contributed by atoms with E-state index in [1.54, 1.807) is 37.8 Å². The largest absolute Gasteiger partial charge is 0.496 e. The first-order valence-corrected chi connectivity index (χ1v) is 25.8. The fourth-order valence-corrected chi connectivity index (χ4v) is 11.1. The normalized spacial score (nSPS) is 14.9. The van der Waals surface area contributed by atoms with E-state index < -0.39 is 11.9 Å². The number of likely N-dealkylation sites (tertiary alicyclic amines) is 1. The van der Waals surface area contributed by atoms with Crippen molar-refractivity contribution in [3.63, 3.8) is 0 Å². The molecule has 1 atom stereocenters. The van der Waals surface area contributed by atoms with Crippen molar-refractivity contribution in [3.05, 3.63) is 123 Å². The molecular weight excluding hydrogens is 978 g/mol. The molecule has 2 fully saturated rings. The number of aryl methyl sites for hydroxylation is 1. The second-order valence-corrected chi connectivity index (χ2v) is 19.8. The summed E-state index contributed by atoms with van der Waals surface area (Å²) in [6, 6.07) is 17.4. The number of carbonyl (C=O) groups excluding carboxylic acids is 3. The van der Waals surface area contributed by atoms with E-state index in [1.165, 1.54) is 20.9 Å². The van der Waals surface area contributed by atoms with Gasteiger partial charge in [-0.25, -0.2) is 9.67 Å². The molecule has 0 saturated carbocycles. The Balaban J connectivity index is 0.751. The first kappa shape index (κ1) is 50.1. The van der Waals surface area contributed by atoms with Gasteiger partial charge in [-0.15, -0.1) is 28.0 Å². The minimum atomic E-state index is -0.976. The Kier molecular flexibility index (Phi) is 15.8. The number of alkyl halides is 1. The Morgan fingerprint density at radius 3 is 2.44 bits per heavy atom. The number of fused-ring (bicyclic) bond motifs is 1. The SMILES string of the molecule is COc1c(C)cnc(Cn2cnc3c(N4CCC(C5CCN(C(=O)Cn6cc(COc7ccc(N(C(=O)CCl)C(C(=O)NCCc8ccccc8)c8cccs8)cc7Cl)nn6)CC5)CC4)nc(N)nc32)c1C. The molecule has 2 saturated heterocycles. The number of carbonyl (C=O) groups is 3. The van der Waals surface area contributed by atoms with Crippen molar-refractivity contribution in [1.82, 2.24) is 49.7 Å². The van der Waals surface area contributed by atoms with Crippen LogP contribution in [-0.4, -0.2) is 108 Å². The van der Waals surface area contributed by atoms with Crippen LogP contribution in [0.5, 0.6) is 11.5 Å². The number of benzene rings is 2. The Morgan fingerprint density at radius 2 is 1.74 bits per heavy atom. The first-order valence-electron chi connectivity index (χ1n) is 24.0. The molecule has 21 heteroatoms. The van der Waals surface area contributed by atoms with Crippen molar-refractivity contribution in [1.29, 1.82) is 0 Å². The average molecular weight is 1040 g/mol. The van der Waals surface area contributed by atoms with Crippen molar-refractivity contribution >= 4 is 80.9 Å². The summed E-state index contributed by atoms with van der Waals surface area (Å²) < 4.78 is 15.2. The Hall–Kier alpha value is -6.83. The van der Waals surface area contributed by atoms with E-state index in [1.807, 2.05) is 77.4 Å². The van der Waals surface area contributed by atoms with Crippen molar-refractivity contribution < 1.29 is 23.9 Å². The number of nitrogens with zero attached hydrogens (tertiary/aromatic N) is 11. The Labute approximate surface area is 431 Å². The van der Waals surface area contributed by atoms with Crippen LogP contribution in [0.2, 0.25) is 5.02 Å². The molecular formula is C51H57Cl2N13O5S. The third-order valence-corrected chi connectivity index (χ3v) is 15.1. The molecule has 2 aromatic carbocycles. The lowest BCUT2D eigenvalue weighted by atomic mass is 9.79. The molecule has 18 nitrogen and oxygen atoms in total. The molecule has 0 spiro atoms. The maximum Gasteiger partial charge on any atom is 0.248 e. The quantitative estimate of drug-likeness (QED) is 0.0818. The molecule has 3 amide bonds. The number of methoxy groups -OCH3 is 1. The molecule has 9 rings (SSSR count). The van der Waals surface area contributed by atoms with Gasteiger partial charge in [0.05, 0.1) is 36.9 Å². The zero-order valence-corrected chi connectivity index (χ0v) is 42.7. The number of amides is 3. The smallest absolute Gasteiger partial charge is 0.248 e. The van der Waals surface area contributed by atoms with E-state index in [4.69, 9.17) is 43.4 Å². The summed E-state index contributed by atoms with van der Waals surface area (Å²) >= 11 is 14.2. The number of ether oxygens (including phenoxy) is 2. The summed E-state index contributed by atoms with van der Waals surface area (Å²) in [5, 5.41) is 13.5. The van der Waals surface area contributed by atoms with Gasteiger partial charge in [-0.3, -0.25) is 24.3 Å². The van der Waals surface area contributed by atoms with Crippen LogP contribution in [0.4, 0.5) is 17.5 Å². The number of nitrogens with one attached hydrogen (secondary N) is 1. The number of pyridine rings is 1. The van der Waals surface area contributed by atoms with Crippen LogP contribution in [0.3, 0.4) is 0 Å². The highest BCUT2D eigenvalue weighted by atomic mass is 35.5. The minimum Gasteiger partial charge on any atom is -0.496 e. The van der Waals surface area contributed by atoms with Gasteiger partial charge >= 0.3 is 0 Å². The van der Waals surface area contributed by atoms with Crippen LogP contribution in [0.1, 0.15) is 64.7 Å². The van der Waals surface area contributed by atoms with Gasteiger partial charge in [0.25, 0.3) is 0 Å². The van der Waals surface area contributed by atoms with Gasteiger partial charge in [0.1, 0.15) is 42.3 Å². The number of hydrogen-bond donors (Lipinski definition) is 2. The summed E-state index contributed by atoms with van der Waals surface area (Å²) in [6.07, 6.45) is 9.80. The maximum absolute atomic E-state index is 13.8. The van der Waals surface area contributed by atoms with E-state index in [0.29, 0.717) is 72.1 Å². The van der Waals surface area contributed by atoms with Gasteiger partial charge in [-0.2, -0.15) is 9.97 Å². The number of aromatic nitrogens is 8. The lowest BCUT2D eigenvalue weighted by Gasteiger charge is -2.40. The molecule has 2 aliphatic heterocycles. The lowest BCUT2D eigenvalue weighted by Crippen LogP contribution is -2.44. The molecule has 72 heavy (non-hydrogen) atoms. The van der Waals surface area contributed by atoms with Gasteiger partial charge in [0.2, 0.25) is 23.7 Å². The van der Waals surface area contributed by atoms with Crippen LogP contribution in [0.25, 0.3) is 11.2 Å². The lowest BCUT2D eigenvalue weighted by molar-refractivity contribution is -0.133. The summed E-state index contributed by atoms with van der Waals surface area (Å²) in [5.74, 6) is 2.01. The van der Waals surface area contributed by atoms with Gasteiger partial charge in [-0.05, 0) is 93.0 Å². The van der Waals surface area contributed by atoms with Crippen LogP contribution in [0.15, 0.2) is 84.8 Å². The summed E-state index contributed by atoms with van der Waals surface area (Å²) in [7, 11) is 1.67. The molecule has 1 unspecified atom stereocenters. The zero-order valence-electron chi connectivity index (χ0n) is 40.4. The number of piperidine rings is 2. The van der Waals surface area contributed by atoms with Crippen molar-refractivity contribution in [3.8, 4) is 11.5 Å². The molecule has 0 bridgehead atoms. The van der Waals surface area contributed by atoms with Crippen LogP contribution in [-0.2, 0) is 40.5 Å². The second-order valence-electron chi connectivity index (χ2n) is 18.2. The molecule has 0 radical (unpaired) electrons. The topological polar surface area (TPSA) is 205 Å². The Bertz CT molecular complexity index is 3010. The van der Waals surface area contributed by atoms with Crippen LogP contribution < -0.4 is 30.3 Å². The Morgan fingerprint density at radius 1 is 0.972 bits per heavy atom. The highest BCUT2D eigenvalue weighted by Gasteiger charge is 2.35. The fourth-order valence-electron chi connectivity index (χ4n) is 9.90. The molecule has 0 aliphatic carbocycles. The van der Waals surface area contributed by atoms with E-state index in [-0.39, 0.29) is 41.8 Å². The number of nitrogen functional groups attached to an aromatic ring is 1. The number of thiophene rings is 1. The summed E-state index contributed by atoms with van der Waals surface area (Å²) in [6.45, 7) is 7.96. The highest BCUT2D eigenvalue weighted by molar-refractivity contribution is 7.10. The fraction of sp³-hybridized carbons (Fsp3) is 0.392. The molecule has 5 aromatic heterocycles. The van der Waals surface area contributed by atoms with E-state index in [9.17, 15) is 14.4 Å². The average Bonchev–Trinajstić information content (AvgIpc) is 4.19. The van der Waals surface area contributed by atoms with Gasteiger partial charge in [0, 0.05) is 60.6 Å². The third kappa shape index (κ3) is 11.3. The number of hydrogen-bond acceptors (Lipinski definition) is 14. The molecule has 7 aromatic rings. The third-order valence-electron chi connectivity index (χ3n) is 13.6. The first-order chi connectivity index (χ1) is 35.0. The van der Waals surface area contributed by atoms with Crippen LogP contribution >= 0.6 is 34.5 Å². The summed E-state index contributed by atoms with van der Waals surface area (Å²) in [5.41, 5.74) is 12.5. The van der Waals surface area contributed by atoms with Gasteiger partial charge in [0.15, 0.2) is 17.0 Å². The van der Waals surface area contributed by atoms with E-state index in [2.05, 4.69) is 35.5 Å². The monoisotopic (exact) mass is 1030 g/mol. The number of anilines is 3. The number of nitrogens with two attached hydrogens (primary N) is 1. The number of imidazole rings is 1. The van der Waals surface area contributed by atoms with E-state index >= 15 is 0 Å². The molecule has 376 valence electrons. The summed E-state index contributed by atoms with van der Waals surface area (Å²) in [4.78, 5) is 65.7. The molecule has 2 aliphatic rings. The molecule has 7 heterocycles. The van der Waals surface area contributed by atoms with Crippen molar-refractivity contribution in [2.45, 2.75) is 71.7 Å². The maximum atomic E-state index is 13.8. The minimum absolute atomic E-state index is 0.0155. The predicted molar refractivity (Wildman–Crippen MR) is 278 cm³/mol. The van der Waals surface area contributed by atoms with Crippen molar-refractivity contribution in [2.24, 2.45) is 11.8 Å². The van der Waals surface area contributed by atoms with Gasteiger partial charge in [-0.1, -0.05) is 53.2 Å². The predicted octanol–water partition coefficient (Wildman–Crippen LogP) is 7.19. The van der Waals surface area contributed by atoms with Crippen LogP contribution in [0, 0.1) is 25.7 Å². The van der Waals surface area contributed by atoms with E-state index in [0.717, 1.165) is 78.2 Å². The zero-order chi connectivity index (χ0) is 50.3. The number of rotatable bonds is 18. The molecule has 3 N–H and O–H groups in total.